The summed E-state index contributed by atoms with van der Waals surface area (Å²) in [6, 6.07) is 11.9. The van der Waals surface area contributed by atoms with Crippen molar-refractivity contribution in [3.05, 3.63) is 75.6 Å². The summed E-state index contributed by atoms with van der Waals surface area (Å²) in [5.74, 6) is -0.646. The lowest BCUT2D eigenvalue weighted by Gasteiger charge is -2.26. The molecule has 7 heteroatoms. The number of hydrogen-bond donors (Lipinski definition) is 2. The first kappa shape index (κ1) is 21.6. The number of nitrogens with one attached hydrogen (secondary N) is 1. The van der Waals surface area contributed by atoms with Crippen LogP contribution in [-0.2, 0) is 4.79 Å². The SMILES string of the molecule is COc1cc(C(=O)O)ccc1C(NC(C)=O)n1ccc(=O)c2c(C3CCCC3)cccc21. The maximum atomic E-state index is 12.9. The van der Waals surface area contributed by atoms with Crippen molar-refractivity contribution in [3.63, 3.8) is 0 Å². The maximum Gasteiger partial charge on any atom is 0.335 e. The zero-order valence-corrected chi connectivity index (χ0v) is 18.1. The Labute approximate surface area is 185 Å². The van der Waals surface area contributed by atoms with Crippen LogP contribution in [0.15, 0.2) is 53.5 Å². The van der Waals surface area contributed by atoms with Crippen LogP contribution in [0.2, 0.25) is 0 Å². The molecule has 0 radical (unpaired) electrons. The van der Waals surface area contributed by atoms with Gasteiger partial charge in [-0.3, -0.25) is 9.59 Å². The molecular formula is C25H26N2O5. The van der Waals surface area contributed by atoms with Crippen molar-refractivity contribution in [1.29, 1.82) is 0 Å². The Morgan fingerprint density at radius 1 is 1.16 bits per heavy atom. The second kappa shape index (κ2) is 8.86. The lowest BCUT2D eigenvalue weighted by molar-refractivity contribution is -0.119. The van der Waals surface area contributed by atoms with Gasteiger partial charge in [0.25, 0.3) is 0 Å². The molecule has 1 heterocycles. The first-order valence-corrected chi connectivity index (χ1v) is 10.7. The Balaban J connectivity index is 1.94. The van der Waals surface area contributed by atoms with Crippen LogP contribution in [0.25, 0.3) is 10.9 Å². The highest BCUT2D eigenvalue weighted by atomic mass is 16.5. The van der Waals surface area contributed by atoms with E-state index in [2.05, 4.69) is 5.32 Å². The molecule has 1 atom stereocenters. The van der Waals surface area contributed by atoms with Gasteiger partial charge in [0.05, 0.1) is 18.2 Å². The molecule has 0 saturated heterocycles. The summed E-state index contributed by atoms with van der Waals surface area (Å²) in [7, 11) is 1.46. The molecule has 3 aromatic rings. The normalized spacial score (nSPS) is 14.9. The number of aromatic carboxylic acids is 1. The van der Waals surface area contributed by atoms with Crippen molar-refractivity contribution >= 4 is 22.8 Å². The number of methoxy groups -OCH3 is 1. The number of benzene rings is 2. The Morgan fingerprint density at radius 3 is 2.56 bits per heavy atom. The van der Waals surface area contributed by atoms with Crippen molar-refractivity contribution in [2.24, 2.45) is 0 Å². The minimum atomic E-state index is -1.07. The number of carbonyl (C=O) groups excluding carboxylic acids is 1. The van der Waals surface area contributed by atoms with Crippen molar-refractivity contribution in [2.45, 2.75) is 44.7 Å². The van der Waals surface area contributed by atoms with Gasteiger partial charge in [0, 0.05) is 30.1 Å². The first-order valence-electron chi connectivity index (χ1n) is 10.7. The summed E-state index contributed by atoms with van der Waals surface area (Å²) in [6.45, 7) is 1.42. The third-order valence-corrected chi connectivity index (χ3v) is 6.17. The fourth-order valence-corrected chi connectivity index (χ4v) is 4.71. The van der Waals surface area contributed by atoms with E-state index < -0.39 is 12.1 Å². The summed E-state index contributed by atoms with van der Waals surface area (Å²) in [5, 5.41) is 12.9. The van der Waals surface area contributed by atoms with Gasteiger partial charge in [-0.05, 0) is 42.5 Å². The number of carboxylic acid groups (broad SMARTS) is 1. The molecule has 1 aliphatic rings. The molecule has 1 aromatic heterocycles. The van der Waals surface area contributed by atoms with Gasteiger partial charge in [-0.2, -0.15) is 0 Å². The topological polar surface area (TPSA) is 97.6 Å². The Morgan fingerprint density at radius 2 is 1.91 bits per heavy atom. The number of aromatic nitrogens is 1. The van der Waals surface area contributed by atoms with Crippen LogP contribution in [0.5, 0.6) is 5.75 Å². The summed E-state index contributed by atoms with van der Waals surface area (Å²) >= 11 is 0. The van der Waals surface area contributed by atoms with Crippen molar-refractivity contribution in [1.82, 2.24) is 9.88 Å². The van der Waals surface area contributed by atoms with Crippen LogP contribution in [0.1, 0.15) is 66.2 Å². The van der Waals surface area contributed by atoms with Gasteiger partial charge in [-0.25, -0.2) is 4.79 Å². The van der Waals surface area contributed by atoms with Crippen LogP contribution in [-0.4, -0.2) is 28.7 Å². The molecule has 1 fully saturated rings. The first-order chi connectivity index (χ1) is 15.4. The molecule has 1 aliphatic carbocycles. The minimum absolute atomic E-state index is 0.0477. The average Bonchev–Trinajstić information content (AvgIpc) is 3.32. The quantitative estimate of drug-likeness (QED) is 0.610. The van der Waals surface area contributed by atoms with Crippen molar-refractivity contribution in [3.8, 4) is 5.75 Å². The molecule has 166 valence electrons. The van der Waals surface area contributed by atoms with Gasteiger partial charge in [0.2, 0.25) is 5.91 Å². The molecule has 0 bridgehead atoms. The maximum absolute atomic E-state index is 12.9. The monoisotopic (exact) mass is 434 g/mol. The average molecular weight is 434 g/mol. The zero-order valence-electron chi connectivity index (χ0n) is 18.1. The van der Waals surface area contributed by atoms with Crippen molar-refractivity contribution in [2.75, 3.05) is 7.11 Å². The minimum Gasteiger partial charge on any atom is -0.496 e. The van der Waals surface area contributed by atoms with E-state index in [4.69, 9.17) is 4.74 Å². The summed E-state index contributed by atoms with van der Waals surface area (Å²) < 4.78 is 7.31. The van der Waals surface area contributed by atoms with E-state index in [1.54, 1.807) is 12.3 Å². The molecule has 4 rings (SSSR count). The predicted molar refractivity (Wildman–Crippen MR) is 121 cm³/mol. The number of rotatable bonds is 6. The van der Waals surface area contributed by atoms with Crippen LogP contribution in [0, 0.1) is 0 Å². The van der Waals surface area contributed by atoms with Crippen LogP contribution >= 0.6 is 0 Å². The molecular weight excluding hydrogens is 408 g/mol. The van der Waals surface area contributed by atoms with Crippen molar-refractivity contribution < 1.29 is 19.4 Å². The number of carboxylic acids is 1. The predicted octanol–water partition coefficient (Wildman–Crippen LogP) is 4.05. The summed E-state index contributed by atoms with van der Waals surface area (Å²) in [4.78, 5) is 36.5. The highest BCUT2D eigenvalue weighted by Gasteiger charge is 2.25. The highest BCUT2D eigenvalue weighted by molar-refractivity contribution is 5.88. The third kappa shape index (κ3) is 3.98. The fraction of sp³-hybridized carbons (Fsp3) is 0.320. The molecule has 1 saturated carbocycles. The standard InChI is InChI=1S/C25H26N2O5/c1-15(28)26-24(19-11-10-17(25(30)31)14-22(19)32-2)27-13-12-21(29)23-18(8-5-9-20(23)27)16-6-3-4-7-16/h5,8-14,16,24H,3-4,6-7H2,1-2H3,(H,26,28)(H,30,31). The number of ether oxygens (including phenoxy) is 1. The van der Waals surface area contributed by atoms with Gasteiger partial charge in [-0.15, -0.1) is 0 Å². The second-order valence-electron chi connectivity index (χ2n) is 8.17. The molecule has 0 spiro atoms. The number of hydrogen-bond acceptors (Lipinski definition) is 4. The van der Waals surface area contributed by atoms with Gasteiger partial charge in [-0.1, -0.05) is 31.0 Å². The van der Waals surface area contributed by atoms with Crippen LogP contribution in [0.4, 0.5) is 0 Å². The number of nitrogens with zero attached hydrogens (tertiary/aromatic N) is 1. The number of fused-ring (bicyclic) bond motifs is 1. The molecule has 1 unspecified atom stereocenters. The Hall–Kier alpha value is -3.61. The number of amides is 1. The second-order valence-corrected chi connectivity index (χ2v) is 8.17. The van der Waals surface area contributed by atoms with E-state index in [0.29, 0.717) is 28.1 Å². The van der Waals surface area contributed by atoms with Crippen LogP contribution < -0.4 is 15.5 Å². The Bertz CT molecular complexity index is 1240. The van der Waals surface area contributed by atoms with Gasteiger partial charge in [0.15, 0.2) is 5.43 Å². The zero-order chi connectivity index (χ0) is 22.8. The number of pyridine rings is 1. The molecule has 2 N–H and O–H groups in total. The molecule has 32 heavy (non-hydrogen) atoms. The molecule has 1 amide bonds. The number of carbonyl (C=O) groups is 2. The molecule has 0 aliphatic heterocycles. The third-order valence-electron chi connectivity index (χ3n) is 6.17. The highest BCUT2D eigenvalue weighted by Crippen LogP contribution is 2.37. The molecule has 7 nitrogen and oxygen atoms in total. The van der Waals surface area contributed by atoms with Gasteiger partial charge < -0.3 is 19.7 Å². The largest absolute Gasteiger partial charge is 0.496 e. The van der Waals surface area contributed by atoms with Gasteiger partial charge in [0.1, 0.15) is 11.9 Å². The van der Waals surface area contributed by atoms with Gasteiger partial charge >= 0.3 is 5.97 Å². The summed E-state index contributed by atoms with van der Waals surface area (Å²) in [6.07, 6.45) is 5.41. The van der Waals surface area contributed by atoms with E-state index in [0.717, 1.165) is 31.2 Å². The van der Waals surface area contributed by atoms with E-state index in [1.807, 2.05) is 22.8 Å². The lowest BCUT2D eigenvalue weighted by Crippen LogP contribution is -2.32. The Kier molecular flexibility index (Phi) is 5.99. The van der Waals surface area contributed by atoms with E-state index >= 15 is 0 Å². The smallest absolute Gasteiger partial charge is 0.335 e. The van der Waals surface area contributed by atoms with Crippen LogP contribution in [0.3, 0.4) is 0 Å². The molecule has 2 aromatic carbocycles. The van der Waals surface area contributed by atoms with E-state index in [-0.39, 0.29) is 16.9 Å². The van der Waals surface area contributed by atoms with E-state index in [9.17, 15) is 19.5 Å². The fourth-order valence-electron chi connectivity index (χ4n) is 4.71. The lowest BCUT2D eigenvalue weighted by atomic mass is 9.93. The summed E-state index contributed by atoms with van der Waals surface area (Å²) in [5.41, 5.74) is 2.39. The van der Waals surface area contributed by atoms with E-state index in [1.165, 1.54) is 32.2 Å².